The molecule has 0 unspecified atom stereocenters. The first-order valence-corrected chi connectivity index (χ1v) is 8.52. The zero-order chi connectivity index (χ0) is 17.8. The summed E-state index contributed by atoms with van der Waals surface area (Å²) in [6.07, 6.45) is 0. The van der Waals surface area contributed by atoms with Gasteiger partial charge >= 0.3 is 0 Å². The van der Waals surface area contributed by atoms with Crippen molar-refractivity contribution in [3.05, 3.63) is 81.1 Å². The van der Waals surface area contributed by atoms with Crippen LogP contribution in [0, 0.1) is 6.92 Å². The fourth-order valence-electron chi connectivity index (χ4n) is 2.38. The quantitative estimate of drug-likeness (QED) is 0.730. The van der Waals surface area contributed by atoms with Crippen molar-refractivity contribution in [1.82, 2.24) is 9.78 Å². The fourth-order valence-corrected chi connectivity index (χ4v) is 2.64. The maximum Gasteiger partial charge on any atom is 0.267 e. The van der Waals surface area contributed by atoms with Gasteiger partial charge in [-0.25, -0.2) is 4.68 Å². The largest absolute Gasteiger partial charge is 0.324 e. The van der Waals surface area contributed by atoms with Gasteiger partial charge in [-0.2, -0.15) is 5.10 Å². The van der Waals surface area contributed by atoms with Crippen molar-refractivity contribution < 1.29 is 4.79 Å². The van der Waals surface area contributed by atoms with Gasteiger partial charge in [0.15, 0.2) is 0 Å². The minimum atomic E-state index is -0.319. The van der Waals surface area contributed by atoms with Gasteiger partial charge in [0.05, 0.1) is 5.69 Å². The summed E-state index contributed by atoms with van der Waals surface area (Å²) in [7, 11) is 0. The number of carbonyl (C=O) groups excluding carboxylic acids is 1. The van der Waals surface area contributed by atoms with Crippen molar-refractivity contribution >= 4 is 27.5 Å². The summed E-state index contributed by atoms with van der Waals surface area (Å²) in [5.41, 5.74) is 2.87. The highest BCUT2D eigenvalue weighted by molar-refractivity contribution is 9.10. The van der Waals surface area contributed by atoms with E-state index in [1.165, 1.54) is 10.7 Å². The first kappa shape index (κ1) is 17.1. The number of halogens is 1. The lowest BCUT2D eigenvalue weighted by Gasteiger charge is -2.10. The maximum atomic E-state index is 12.3. The van der Waals surface area contributed by atoms with E-state index in [0.29, 0.717) is 5.69 Å². The molecule has 126 valence electrons. The Hall–Kier alpha value is -2.73. The summed E-state index contributed by atoms with van der Waals surface area (Å²) in [5.74, 6) is -0.295. The van der Waals surface area contributed by atoms with Gasteiger partial charge < -0.3 is 5.32 Å². The molecule has 0 atom stereocenters. The highest BCUT2D eigenvalue weighted by Gasteiger charge is 2.09. The number of aromatic nitrogens is 2. The Morgan fingerprint density at radius 1 is 1.08 bits per heavy atom. The van der Waals surface area contributed by atoms with Gasteiger partial charge in [-0.05, 0) is 36.8 Å². The molecule has 0 saturated carbocycles. The number of rotatable bonds is 4. The molecule has 3 rings (SSSR count). The first-order valence-electron chi connectivity index (χ1n) is 7.72. The molecule has 0 spiro atoms. The number of benzene rings is 2. The third kappa shape index (κ3) is 4.22. The Morgan fingerprint density at radius 3 is 2.52 bits per heavy atom. The second-order valence-electron chi connectivity index (χ2n) is 5.58. The number of nitrogens with zero attached hydrogens (tertiary/aromatic N) is 2. The third-order valence-corrected chi connectivity index (χ3v) is 4.25. The molecule has 0 radical (unpaired) electrons. The Morgan fingerprint density at radius 2 is 1.80 bits per heavy atom. The standard InChI is InChI=1S/C19H16BrN3O2/c1-13-4-2-3-5-16(13)21-18(24)12-23-19(25)11-10-17(22-23)14-6-8-15(20)9-7-14/h2-11H,12H2,1H3,(H,21,24). The van der Waals surface area contributed by atoms with Crippen molar-refractivity contribution in [2.45, 2.75) is 13.5 Å². The summed E-state index contributed by atoms with van der Waals surface area (Å²) in [6.45, 7) is 1.77. The van der Waals surface area contributed by atoms with Gasteiger partial charge in [0, 0.05) is 21.8 Å². The first-order chi connectivity index (χ1) is 12.0. The van der Waals surface area contributed by atoms with Crippen LogP contribution in [0.25, 0.3) is 11.3 Å². The van der Waals surface area contributed by atoms with Gasteiger partial charge in [-0.1, -0.05) is 46.3 Å². The predicted molar refractivity (Wildman–Crippen MR) is 101 cm³/mol. The lowest BCUT2D eigenvalue weighted by atomic mass is 10.1. The minimum absolute atomic E-state index is 0.141. The molecule has 0 saturated heterocycles. The Balaban J connectivity index is 1.81. The van der Waals surface area contributed by atoms with E-state index in [9.17, 15) is 9.59 Å². The maximum absolute atomic E-state index is 12.3. The predicted octanol–water partition coefficient (Wildman–Crippen LogP) is 3.62. The molecule has 0 aliphatic carbocycles. The van der Waals surface area contributed by atoms with Crippen molar-refractivity contribution in [3.8, 4) is 11.3 Å². The monoisotopic (exact) mass is 397 g/mol. The molecule has 1 aromatic heterocycles. The zero-order valence-electron chi connectivity index (χ0n) is 13.6. The average Bonchev–Trinajstić information content (AvgIpc) is 2.60. The van der Waals surface area contributed by atoms with Crippen LogP contribution >= 0.6 is 15.9 Å². The number of aryl methyl sites for hydroxylation is 1. The summed E-state index contributed by atoms with van der Waals surface area (Å²) < 4.78 is 2.13. The van der Waals surface area contributed by atoms with Crippen molar-refractivity contribution in [3.63, 3.8) is 0 Å². The normalized spacial score (nSPS) is 10.5. The lowest BCUT2D eigenvalue weighted by molar-refractivity contribution is -0.117. The molecule has 0 fully saturated rings. The molecule has 5 nitrogen and oxygen atoms in total. The van der Waals surface area contributed by atoms with E-state index in [1.54, 1.807) is 6.07 Å². The Labute approximate surface area is 153 Å². The van der Waals surface area contributed by atoms with Crippen LogP contribution in [0.2, 0.25) is 0 Å². The van der Waals surface area contributed by atoms with Gasteiger partial charge in [0.25, 0.3) is 5.56 Å². The molecule has 0 aliphatic heterocycles. The number of carbonyl (C=O) groups is 1. The van der Waals surface area contributed by atoms with Crippen molar-refractivity contribution in [2.75, 3.05) is 5.32 Å². The van der Waals surface area contributed by atoms with Crippen LogP contribution in [0.15, 0.2) is 69.9 Å². The van der Waals surface area contributed by atoms with E-state index in [1.807, 2.05) is 55.5 Å². The highest BCUT2D eigenvalue weighted by Crippen LogP contribution is 2.19. The second kappa shape index (κ2) is 7.44. The van der Waals surface area contributed by atoms with Crippen LogP contribution in [-0.4, -0.2) is 15.7 Å². The molecule has 0 aliphatic rings. The van der Waals surface area contributed by atoms with E-state index in [4.69, 9.17) is 0 Å². The second-order valence-corrected chi connectivity index (χ2v) is 6.50. The smallest absolute Gasteiger partial charge is 0.267 e. The van der Waals surface area contributed by atoms with E-state index >= 15 is 0 Å². The van der Waals surface area contributed by atoms with E-state index in [2.05, 4.69) is 26.3 Å². The molecule has 1 heterocycles. The van der Waals surface area contributed by atoms with Crippen LogP contribution in [0.3, 0.4) is 0 Å². The summed E-state index contributed by atoms with van der Waals surface area (Å²) in [4.78, 5) is 24.3. The van der Waals surface area contributed by atoms with E-state index in [0.717, 1.165) is 21.3 Å². The molecule has 1 N–H and O–H groups in total. The van der Waals surface area contributed by atoms with Crippen molar-refractivity contribution in [1.29, 1.82) is 0 Å². The SMILES string of the molecule is Cc1ccccc1NC(=O)Cn1nc(-c2ccc(Br)cc2)ccc1=O. The molecule has 25 heavy (non-hydrogen) atoms. The Bertz CT molecular complexity index is 965. The molecule has 1 amide bonds. The minimum Gasteiger partial charge on any atom is -0.324 e. The summed E-state index contributed by atoms with van der Waals surface area (Å²) >= 11 is 3.39. The van der Waals surface area contributed by atoms with E-state index in [-0.39, 0.29) is 18.0 Å². The summed E-state index contributed by atoms with van der Waals surface area (Å²) in [5, 5.41) is 7.11. The molecule has 6 heteroatoms. The van der Waals surface area contributed by atoms with Crippen LogP contribution in [0.5, 0.6) is 0 Å². The summed E-state index contributed by atoms with van der Waals surface area (Å²) in [6, 6.07) is 18.2. The van der Waals surface area contributed by atoms with Gasteiger partial charge in [-0.3, -0.25) is 9.59 Å². The molecular formula is C19H16BrN3O2. The number of para-hydroxylation sites is 1. The fraction of sp³-hybridized carbons (Fsp3) is 0.105. The molecule has 2 aromatic carbocycles. The number of amides is 1. The van der Waals surface area contributed by atoms with Crippen LogP contribution in [-0.2, 0) is 11.3 Å². The number of hydrogen-bond acceptors (Lipinski definition) is 3. The van der Waals surface area contributed by atoms with Crippen LogP contribution in [0.4, 0.5) is 5.69 Å². The number of nitrogens with one attached hydrogen (secondary N) is 1. The topological polar surface area (TPSA) is 64.0 Å². The van der Waals surface area contributed by atoms with Gasteiger partial charge in [0.1, 0.15) is 6.54 Å². The number of anilines is 1. The zero-order valence-corrected chi connectivity index (χ0v) is 15.2. The molecule has 0 bridgehead atoms. The van der Waals surface area contributed by atoms with E-state index < -0.39 is 0 Å². The number of hydrogen-bond donors (Lipinski definition) is 1. The average molecular weight is 398 g/mol. The van der Waals surface area contributed by atoms with Gasteiger partial charge in [0.2, 0.25) is 5.91 Å². The molecule has 3 aromatic rings. The Kier molecular flexibility index (Phi) is 5.09. The van der Waals surface area contributed by atoms with Crippen molar-refractivity contribution in [2.24, 2.45) is 0 Å². The van der Waals surface area contributed by atoms with Crippen LogP contribution < -0.4 is 10.9 Å². The highest BCUT2D eigenvalue weighted by atomic mass is 79.9. The molecular weight excluding hydrogens is 382 g/mol. The van der Waals surface area contributed by atoms with Gasteiger partial charge in [-0.15, -0.1) is 0 Å². The third-order valence-electron chi connectivity index (χ3n) is 3.72. The van der Waals surface area contributed by atoms with Crippen LogP contribution in [0.1, 0.15) is 5.56 Å². The lowest BCUT2D eigenvalue weighted by Crippen LogP contribution is -2.29.